The Morgan fingerprint density at radius 1 is 1.38 bits per heavy atom. The minimum atomic E-state index is -0.356. The first-order valence-electron chi connectivity index (χ1n) is 8.84. The van der Waals surface area contributed by atoms with Gasteiger partial charge in [-0.3, -0.25) is 9.48 Å². The summed E-state index contributed by atoms with van der Waals surface area (Å²) < 4.78 is 14.4. The predicted octanol–water partition coefficient (Wildman–Crippen LogP) is 0.448. The van der Waals surface area contributed by atoms with Crippen LogP contribution in [0.25, 0.3) is 0 Å². The Hall–Kier alpha value is -2.33. The average molecular weight is 363 g/mol. The molecule has 3 rings (SSSR count). The fourth-order valence-electron chi connectivity index (χ4n) is 3.03. The maximum Gasteiger partial charge on any atom is 0.257 e. The summed E-state index contributed by atoms with van der Waals surface area (Å²) in [5, 5.41) is 16.1. The van der Waals surface area contributed by atoms with Crippen LogP contribution in [0.2, 0.25) is 0 Å². The molecule has 142 valence electrons. The van der Waals surface area contributed by atoms with Crippen molar-refractivity contribution in [3.05, 3.63) is 23.3 Å². The summed E-state index contributed by atoms with van der Waals surface area (Å²) in [6, 6.07) is 0. The molecule has 0 N–H and O–H groups in total. The summed E-state index contributed by atoms with van der Waals surface area (Å²) in [6.07, 6.45) is 2.27. The van der Waals surface area contributed by atoms with Gasteiger partial charge in [0.25, 0.3) is 5.91 Å². The standard InChI is InChI=1S/C16H25N7O3/c1-4-5-22-12(2)13(10-17-22)16(24)21-6-9-26-14(11-21)15-18-19-20-23(15)7-8-25-3/h10,14H,4-9,11H2,1-3H3. The lowest BCUT2D eigenvalue weighted by atomic mass is 10.2. The Labute approximate surface area is 152 Å². The maximum absolute atomic E-state index is 12.9. The Kier molecular flexibility index (Phi) is 5.94. The van der Waals surface area contributed by atoms with Crippen LogP contribution >= 0.6 is 0 Å². The van der Waals surface area contributed by atoms with Gasteiger partial charge in [0.15, 0.2) is 5.82 Å². The van der Waals surface area contributed by atoms with Crippen molar-refractivity contribution >= 4 is 5.91 Å². The second-order valence-electron chi connectivity index (χ2n) is 6.23. The van der Waals surface area contributed by atoms with Crippen LogP contribution in [0.1, 0.15) is 41.3 Å². The summed E-state index contributed by atoms with van der Waals surface area (Å²) >= 11 is 0. The number of hydrogen-bond acceptors (Lipinski definition) is 7. The van der Waals surface area contributed by atoms with Gasteiger partial charge in [0.05, 0.1) is 38.1 Å². The summed E-state index contributed by atoms with van der Waals surface area (Å²) in [5.41, 5.74) is 1.53. The first-order chi connectivity index (χ1) is 12.7. The van der Waals surface area contributed by atoms with Crippen LogP contribution < -0.4 is 0 Å². The molecule has 10 nitrogen and oxygen atoms in total. The lowest BCUT2D eigenvalue weighted by Gasteiger charge is -2.32. The summed E-state index contributed by atoms with van der Waals surface area (Å²) in [5.74, 6) is 0.576. The molecule has 0 saturated carbocycles. The molecule has 1 saturated heterocycles. The second-order valence-corrected chi connectivity index (χ2v) is 6.23. The van der Waals surface area contributed by atoms with Crippen LogP contribution in [0.3, 0.4) is 0 Å². The number of aryl methyl sites for hydroxylation is 1. The van der Waals surface area contributed by atoms with E-state index in [1.807, 2.05) is 11.6 Å². The van der Waals surface area contributed by atoms with Crippen molar-refractivity contribution in [2.24, 2.45) is 0 Å². The zero-order valence-corrected chi connectivity index (χ0v) is 15.5. The van der Waals surface area contributed by atoms with Gasteiger partial charge in [-0.2, -0.15) is 5.10 Å². The van der Waals surface area contributed by atoms with E-state index in [0.717, 1.165) is 18.7 Å². The highest BCUT2D eigenvalue weighted by Gasteiger charge is 2.31. The van der Waals surface area contributed by atoms with E-state index in [1.54, 1.807) is 22.9 Å². The van der Waals surface area contributed by atoms with Crippen molar-refractivity contribution in [2.45, 2.75) is 39.5 Å². The molecule has 1 fully saturated rings. The number of rotatable bonds is 7. The second kappa shape index (κ2) is 8.37. The molecule has 3 heterocycles. The highest BCUT2D eigenvalue weighted by atomic mass is 16.5. The van der Waals surface area contributed by atoms with Gasteiger partial charge in [-0.15, -0.1) is 5.10 Å². The molecule has 1 atom stereocenters. The molecule has 26 heavy (non-hydrogen) atoms. The Bertz CT molecular complexity index is 742. The smallest absolute Gasteiger partial charge is 0.257 e. The van der Waals surface area contributed by atoms with Gasteiger partial charge in [0.2, 0.25) is 0 Å². The van der Waals surface area contributed by atoms with E-state index in [1.165, 1.54) is 0 Å². The quantitative estimate of drug-likeness (QED) is 0.704. The molecule has 1 aliphatic rings. The molecular formula is C16H25N7O3. The van der Waals surface area contributed by atoms with Crippen molar-refractivity contribution in [3.63, 3.8) is 0 Å². The molecule has 2 aromatic heterocycles. The van der Waals surface area contributed by atoms with E-state index < -0.39 is 0 Å². The Morgan fingerprint density at radius 2 is 2.23 bits per heavy atom. The minimum Gasteiger partial charge on any atom is -0.383 e. The third kappa shape index (κ3) is 3.75. The molecular weight excluding hydrogens is 338 g/mol. The Balaban J connectivity index is 1.72. The van der Waals surface area contributed by atoms with Crippen LogP contribution in [-0.4, -0.2) is 74.2 Å². The predicted molar refractivity (Wildman–Crippen MR) is 91.5 cm³/mol. The molecule has 0 bridgehead atoms. The molecule has 0 radical (unpaired) electrons. The molecule has 2 aromatic rings. The number of ether oxygens (including phenoxy) is 2. The fourth-order valence-corrected chi connectivity index (χ4v) is 3.03. The van der Waals surface area contributed by atoms with Crippen molar-refractivity contribution in [1.82, 2.24) is 34.9 Å². The highest BCUT2D eigenvalue weighted by Crippen LogP contribution is 2.22. The molecule has 0 aliphatic carbocycles. The van der Waals surface area contributed by atoms with Gasteiger partial charge in [-0.1, -0.05) is 6.92 Å². The van der Waals surface area contributed by atoms with Crippen molar-refractivity contribution in [1.29, 1.82) is 0 Å². The van der Waals surface area contributed by atoms with Crippen LogP contribution in [0.5, 0.6) is 0 Å². The fraction of sp³-hybridized carbons (Fsp3) is 0.688. The van der Waals surface area contributed by atoms with Crippen LogP contribution in [-0.2, 0) is 22.6 Å². The minimum absolute atomic E-state index is 0.0333. The molecule has 10 heteroatoms. The van der Waals surface area contributed by atoms with Crippen molar-refractivity contribution in [3.8, 4) is 0 Å². The van der Waals surface area contributed by atoms with Crippen molar-refractivity contribution in [2.75, 3.05) is 33.4 Å². The van der Waals surface area contributed by atoms with Gasteiger partial charge >= 0.3 is 0 Å². The lowest BCUT2D eigenvalue weighted by Crippen LogP contribution is -2.43. The molecule has 1 unspecified atom stereocenters. The number of hydrogen-bond donors (Lipinski definition) is 0. The van der Waals surface area contributed by atoms with E-state index in [9.17, 15) is 4.79 Å². The van der Waals surface area contributed by atoms with E-state index in [2.05, 4.69) is 27.5 Å². The Morgan fingerprint density at radius 3 is 3.00 bits per heavy atom. The van der Waals surface area contributed by atoms with E-state index in [4.69, 9.17) is 9.47 Å². The van der Waals surface area contributed by atoms with Gasteiger partial charge in [0, 0.05) is 25.9 Å². The first-order valence-corrected chi connectivity index (χ1v) is 8.84. The summed E-state index contributed by atoms with van der Waals surface area (Å²) in [4.78, 5) is 14.7. The average Bonchev–Trinajstić information content (AvgIpc) is 3.27. The van der Waals surface area contributed by atoms with Gasteiger partial charge < -0.3 is 14.4 Å². The third-order valence-electron chi connectivity index (χ3n) is 4.48. The number of carbonyl (C=O) groups is 1. The summed E-state index contributed by atoms with van der Waals surface area (Å²) in [7, 11) is 1.63. The zero-order valence-electron chi connectivity index (χ0n) is 15.5. The molecule has 1 aliphatic heterocycles. The summed E-state index contributed by atoms with van der Waals surface area (Å²) in [6.45, 7) is 7.24. The van der Waals surface area contributed by atoms with Gasteiger partial charge in [0.1, 0.15) is 6.10 Å². The number of aromatic nitrogens is 6. The van der Waals surface area contributed by atoms with Crippen molar-refractivity contribution < 1.29 is 14.3 Å². The molecule has 1 amide bonds. The van der Waals surface area contributed by atoms with E-state index in [-0.39, 0.29) is 12.0 Å². The number of methoxy groups -OCH3 is 1. The third-order valence-corrected chi connectivity index (χ3v) is 4.48. The topological polar surface area (TPSA) is 100 Å². The highest BCUT2D eigenvalue weighted by molar-refractivity contribution is 5.95. The zero-order chi connectivity index (χ0) is 18.5. The maximum atomic E-state index is 12.9. The number of carbonyl (C=O) groups excluding carboxylic acids is 1. The lowest BCUT2D eigenvalue weighted by molar-refractivity contribution is -0.0292. The molecule has 0 aromatic carbocycles. The normalized spacial score (nSPS) is 17.7. The van der Waals surface area contributed by atoms with Crippen LogP contribution in [0.15, 0.2) is 6.20 Å². The SMILES string of the molecule is CCCn1ncc(C(=O)N2CCOC(c3nnnn3CCOC)C2)c1C. The number of tetrazole rings is 1. The monoisotopic (exact) mass is 363 g/mol. The molecule has 0 spiro atoms. The van der Waals surface area contributed by atoms with Crippen LogP contribution in [0.4, 0.5) is 0 Å². The number of nitrogens with zero attached hydrogens (tertiary/aromatic N) is 7. The number of morpholine rings is 1. The van der Waals surface area contributed by atoms with Crippen LogP contribution in [0, 0.1) is 6.92 Å². The largest absolute Gasteiger partial charge is 0.383 e. The first kappa shape index (κ1) is 18.5. The van der Waals surface area contributed by atoms with E-state index >= 15 is 0 Å². The van der Waals surface area contributed by atoms with Gasteiger partial charge in [-0.05, 0) is 23.8 Å². The van der Waals surface area contributed by atoms with Gasteiger partial charge in [-0.25, -0.2) is 4.68 Å². The van der Waals surface area contributed by atoms with E-state index in [0.29, 0.717) is 44.2 Å². The number of amides is 1.